The van der Waals surface area contributed by atoms with Crippen molar-refractivity contribution in [2.24, 2.45) is 0 Å². The maximum atomic E-state index is 13.7. The van der Waals surface area contributed by atoms with Crippen LogP contribution in [0.5, 0.6) is 0 Å². The molecule has 0 aliphatic rings. The maximum Gasteiger partial charge on any atom is 0.422 e. The van der Waals surface area contributed by atoms with Gasteiger partial charge in [-0.15, -0.1) is 0 Å². The first-order valence-electron chi connectivity index (χ1n) is 7.21. The summed E-state index contributed by atoms with van der Waals surface area (Å²) in [5.74, 6) is -2.82. The van der Waals surface area contributed by atoms with Gasteiger partial charge in [0.25, 0.3) is 0 Å². The van der Waals surface area contributed by atoms with Crippen LogP contribution in [0.1, 0.15) is 11.1 Å². The molecule has 0 aliphatic heterocycles. The van der Waals surface area contributed by atoms with Gasteiger partial charge in [0, 0.05) is 18.0 Å². The molecule has 128 valence electrons. The number of rotatable bonds is 2. The molecule has 0 saturated carbocycles. The highest BCUT2D eigenvalue weighted by Crippen LogP contribution is 2.36. The lowest BCUT2D eigenvalue weighted by molar-refractivity contribution is -0.142. The molecule has 1 aromatic heterocycles. The van der Waals surface area contributed by atoms with Crippen molar-refractivity contribution >= 4 is 0 Å². The van der Waals surface area contributed by atoms with Gasteiger partial charge in [0.15, 0.2) is 5.82 Å². The Hall–Kier alpha value is -2.83. The predicted molar refractivity (Wildman–Crippen MR) is 82.6 cm³/mol. The van der Waals surface area contributed by atoms with Crippen LogP contribution in [0.25, 0.3) is 22.5 Å². The van der Waals surface area contributed by atoms with E-state index in [4.69, 9.17) is 0 Å². The third-order valence-corrected chi connectivity index (χ3v) is 3.58. The molecule has 0 fully saturated rings. The summed E-state index contributed by atoms with van der Waals surface area (Å²) in [7, 11) is 0. The fourth-order valence-corrected chi connectivity index (χ4v) is 2.36. The molecule has 1 heterocycles. The van der Waals surface area contributed by atoms with E-state index in [9.17, 15) is 22.0 Å². The smallest absolute Gasteiger partial charge is 0.236 e. The lowest BCUT2D eigenvalue weighted by Gasteiger charge is -2.11. The lowest BCUT2D eigenvalue weighted by atomic mass is 10.0. The summed E-state index contributed by atoms with van der Waals surface area (Å²) in [5.41, 5.74) is 0.0790. The standard InChI is InChI=1S/C18H11F5N2/c1-10-8-24-17(25-9-10)12-4-2-11(3-5-12)13-6-14(19)16(15(20)7-13)18(21,22)23/h2-9H,1H3. The van der Waals surface area contributed by atoms with Crippen LogP contribution in [0.3, 0.4) is 0 Å². The monoisotopic (exact) mass is 350 g/mol. The van der Waals surface area contributed by atoms with Gasteiger partial charge in [0.2, 0.25) is 0 Å². The highest BCUT2D eigenvalue weighted by atomic mass is 19.4. The molecule has 2 aromatic carbocycles. The topological polar surface area (TPSA) is 25.8 Å². The molecule has 7 heteroatoms. The van der Waals surface area contributed by atoms with Gasteiger partial charge in [-0.25, -0.2) is 18.7 Å². The van der Waals surface area contributed by atoms with Crippen molar-refractivity contribution < 1.29 is 22.0 Å². The van der Waals surface area contributed by atoms with Crippen LogP contribution in [0, 0.1) is 18.6 Å². The number of aromatic nitrogens is 2. The van der Waals surface area contributed by atoms with Crippen molar-refractivity contribution in [1.82, 2.24) is 9.97 Å². The van der Waals surface area contributed by atoms with Gasteiger partial charge in [-0.05, 0) is 35.7 Å². The summed E-state index contributed by atoms with van der Waals surface area (Å²) in [6, 6.07) is 7.69. The molecule has 0 bridgehead atoms. The summed E-state index contributed by atoms with van der Waals surface area (Å²) in [6.45, 7) is 1.85. The largest absolute Gasteiger partial charge is 0.422 e. The number of hydrogen-bond acceptors (Lipinski definition) is 2. The summed E-state index contributed by atoms with van der Waals surface area (Å²) >= 11 is 0. The van der Waals surface area contributed by atoms with E-state index in [1.807, 2.05) is 6.92 Å². The van der Waals surface area contributed by atoms with E-state index in [1.165, 1.54) is 0 Å². The number of aryl methyl sites for hydroxylation is 1. The zero-order chi connectivity index (χ0) is 18.2. The van der Waals surface area contributed by atoms with Crippen LogP contribution < -0.4 is 0 Å². The quantitative estimate of drug-likeness (QED) is 0.577. The molecule has 0 N–H and O–H groups in total. The molecule has 3 aromatic rings. The summed E-state index contributed by atoms with van der Waals surface area (Å²) in [6.07, 6.45) is -1.78. The number of alkyl halides is 3. The van der Waals surface area contributed by atoms with Gasteiger partial charge in [0.05, 0.1) is 0 Å². The van der Waals surface area contributed by atoms with Crippen LogP contribution in [0.15, 0.2) is 48.8 Å². The van der Waals surface area contributed by atoms with Gasteiger partial charge in [-0.3, -0.25) is 0 Å². The lowest BCUT2D eigenvalue weighted by Crippen LogP contribution is -2.11. The van der Waals surface area contributed by atoms with E-state index in [0.717, 1.165) is 5.56 Å². The third kappa shape index (κ3) is 3.50. The average molecular weight is 350 g/mol. The number of halogens is 5. The summed E-state index contributed by atoms with van der Waals surface area (Å²) in [5, 5.41) is 0. The van der Waals surface area contributed by atoms with Gasteiger partial charge in [-0.1, -0.05) is 24.3 Å². The molecule has 0 saturated heterocycles. The first-order valence-corrected chi connectivity index (χ1v) is 7.21. The Balaban J connectivity index is 1.96. The normalized spacial score (nSPS) is 11.6. The predicted octanol–water partition coefficient (Wildman–Crippen LogP) is 5.42. The van der Waals surface area contributed by atoms with Crippen molar-refractivity contribution in [3.63, 3.8) is 0 Å². The van der Waals surface area contributed by atoms with Gasteiger partial charge in [0.1, 0.15) is 17.2 Å². The zero-order valence-electron chi connectivity index (χ0n) is 12.9. The molecular weight excluding hydrogens is 339 g/mol. The van der Waals surface area contributed by atoms with Gasteiger partial charge < -0.3 is 0 Å². The second-order valence-electron chi connectivity index (χ2n) is 5.47. The van der Waals surface area contributed by atoms with E-state index < -0.39 is 23.4 Å². The molecule has 0 aliphatic carbocycles. The molecular formula is C18H11F5N2. The van der Waals surface area contributed by atoms with Gasteiger partial charge >= 0.3 is 6.18 Å². The van der Waals surface area contributed by atoms with Crippen molar-refractivity contribution in [1.29, 1.82) is 0 Å². The van der Waals surface area contributed by atoms with E-state index in [-0.39, 0.29) is 5.56 Å². The highest BCUT2D eigenvalue weighted by molar-refractivity contribution is 5.68. The number of hydrogen-bond donors (Lipinski definition) is 0. The van der Waals surface area contributed by atoms with Crippen LogP contribution >= 0.6 is 0 Å². The highest BCUT2D eigenvalue weighted by Gasteiger charge is 2.37. The zero-order valence-corrected chi connectivity index (χ0v) is 12.9. The second-order valence-corrected chi connectivity index (χ2v) is 5.47. The molecule has 2 nitrogen and oxygen atoms in total. The Morgan fingerprint density at radius 3 is 1.72 bits per heavy atom. The Kier molecular flexibility index (Phi) is 4.24. The third-order valence-electron chi connectivity index (χ3n) is 3.58. The average Bonchev–Trinajstić information content (AvgIpc) is 2.54. The van der Waals surface area contributed by atoms with E-state index >= 15 is 0 Å². The molecule has 0 atom stereocenters. The summed E-state index contributed by atoms with van der Waals surface area (Å²) < 4.78 is 65.2. The molecule has 0 unspecified atom stereocenters. The van der Waals surface area contributed by atoms with E-state index in [2.05, 4.69) is 9.97 Å². The second kappa shape index (κ2) is 6.23. The van der Waals surface area contributed by atoms with Crippen LogP contribution in [-0.2, 0) is 6.18 Å². The molecule has 0 radical (unpaired) electrons. The first kappa shape index (κ1) is 17.0. The van der Waals surface area contributed by atoms with Gasteiger partial charge in [-0.2, -0.15) is 13.2 Å². The number of nitrogens with zero attached hydrogens (tertiary/aromatic N) is 2. The Morgan fingerprint density at radius 1 is 0.760 bits per heavy atom. The SMILES string of the molecule is Cc1cnc(-c2ccc(-c3cc(F)c(C(F)(F)F)c(F)c3)cc2)nc1. The van der Waals surface area contributed by atoms with Crippen LogP contribution in [0.4, 0.5) is 22.0 Å². The van der Waals surface area contributed by atoms with E-state index in [1.54, 1.807) is 36.7 Å². The van der Waals surface area contributed by atoms with E-state index in [0.29, 0.717) is 29.1 Å². The Labute approximate surface area is 140 Å². The minimum Gasteiger partial charge on any atom is -0.236 e. The maximum absolute atomic E-state index is 13.7. The van der Waals surface area contributed by atoms with Crippen LogP contribution in [-0.4, -0.2) is 9.97 Å². The molecule has 0 spiro atoms. The molecule has 0 amide bonds. The minimum absolute atomic E-state index is 0.0133. The summed E-state index contributed by atoms with van der Waals surface area (Å²) in [4.78, 5) is 8.32. The Morgan fingerprint density at radius 2 is 1.24 bits per heavy atom. The first-order chi connectivity index (χ1) is 11.8. The molecule has 3 rings (SSSR count). The van der Waals surface area contributed by atoms with Crippen LogP contribution in [0.2, 0.25) is 0 Å². The number of benzene rings is 2. The van der Waals surface area contributed by atoms with Crippen molar-refractivity contribution in [3.8, 4) is 22.5 Å². The van der Waals surface area contributed by atoms with Crippen molar-refractivity contribution in [3.05, 3.63) is 71.6 Å². The fourth-order valence-electron chi connectivity index (χ4n) is 2.36. The Bertz CT molecular complexity index is 877. The van der Waals surface area contributed by atoms with Crippen molar-refractivity contribution in [2.75, 3.05) is 0 Å². The minimum atomic E-state index is -5.08. The van der Waals surface area contributed by atoms with Crippen molar-refractivity contribution in [2.45, 2.75) is 13.1 Å². The fraction of sp³-hybridized carbons (Fsp3) is 0.111. The molecule has 25 heavy (non-hydrogen) atoms.